The number of carbonyl (C=O) groups excluding carboxylic acids is 2. The van der Waals surface area contributed by atoms with Gasteiger partial charge in [0.2, 0.25) is 0 Å². The molecule has 0 aliphatic carbocycles. The third-order valence-electron chi connectivity index (χ3n) is 5.78. The second-order valence-corrected chi connectivity index (χ2v) is 8.71. The number of rotatable bonds is 7. The van der Waals surface area contributed by atoms with Crippen molar-refractivity contribution in [2.45, 2.75) is 51.1 Å². The summed E-state index contributed by atoms with van der Waals surface area (Å²) in [4.78, 5) is 32.5. The number of aliphatic imine (C=N–C) groups is 1. The predicted octanol–water partition coefficient (Wildman–Crippen LogP) is 2.61. The average molecular weight is 548 g/mol. The van der Waals surface area contributed by atoms with Crippen molar-refractivity contribution in [3.05, 3.63) is 17.5 Å². The van der Waals surface area contributed by atoms with E-state index in [1.807, 2.05) is 6.92 Å². The van der Waals surface area contributed by atoms with Crippen LogP contribution in [0.15, 0.2) is 22.5 Å². The molecule has 1 aromatic heterocycles. The quantitative estimate of drug-likeness (QED) is 0.160. The number of imide groups is 1. The monoisotopic (exact) mass is 548 g/mol. The van der Waals surface area contributed by atoms with Crippen molar-refractivity contribution in [3.8, 4) is 0 Å². The van der Waals surface area contributed by atoms with Gasteiger partial charge in [0.1, 0.15) is 5.54 Å². The van der Waals surface area contributed by atoms with Crippen molar-refractivity contribution in [1.29, 1.82) is 0 Å². The molecular formula is C20H33IN6O2S. The van der Waals surface area contributed by atoms with E-state index >= 15 is 0 Å². The van der Waals surface area contributed by atoms with Crippen LogP contribution in [0.5, 0.6) is 0 Å². The molecule has 0 saturated carbocycles. The minimum atomic E-state index is -0.764. The van der Waals surface area contributed by atoms with Crippen LogP contribution in [0.25, 0.3) is 0 Å². The van der Waals surface area contributed by atoms with Gasteiger partial charge in [-0.2, -0.15) is 0 Å². The zero-order chi connectivity index (χ0) is 20.9. The van der Waals surface area contributed by atoms with Gasteiger partial charge in [-0.25, -0.2) is 4.79 Å². The van der Waals surface area contributed by atoms with E-state index < -0.39 is 5.54 Å². The summed E-state index contributed by atoms with van der Waals surface area (Å²) in [5.74, 6) is 0.639. The topological polar surface area (TPSA) is 89.1 Å². The second kappa shape index (κ2) is 11.2. The maximum atomic E-state index is 12.4. The average Bonchev–Trinajstić information content (AvgIpc) is 3.33. The predicted molar refractivity (Wildman–Crippen MR) is 133 cm³/mol. The summed E-state index contributed by atoms with van der Waals surface area (Å²) in [7, 11) is 1.76. The molecular weight excluding hydrogens is 515 g/mol. The smallest absolute Gasteiger partial charge is 0.325 e. The molecule has 2 saturated heterocycles. The van der Waals surface area contributed by atoms with E-state index in [0.717, 1.165) is 31.9 Å². The number of nitrogens with zero attached hydrogens (tertiary/aromatic N) is 3. The van der Waals surface area contributed by atoms with Gasteiger partial charge in [0.25, 0.3) is 5.91 Å². The molecule has 8 nitrogen and oxygen atoms in total. The number of anilines is 1. The van der Waals surface area contributed by atoms with Crippen LogP contribution in [0.4, 0.5) is 9.80 Å². The first kappa shape index (κ1) is 24.7. The van der Waals surface area contributed by atoms with E-state index in [1.54, 1.807) is 25.3 Å². The second-order valence-electron chi connectivity index (χ2n) is 7.78. The Bertz CT molecular complexity index is 736. The molecule has 1 atom stereocenters. The molecule has 1 aromatic rings. The molecule has 3 rings (SSSR count). The maximum Gasteiger partial charge on any atom is 0.325 e. The van der Waals surface area contributed by atoms with Crippen LogP contribution < -0.4 is 20.9 Å². The number of nitrogens with one attached hydrogen (secondary N) is 3. The molecule has 0 radical (unpaired) electrons. The normalized spacial score (nSPS) is 22.7. The number of hydrogen-bond donors (Lipinski definition) is 3. The summed E-state index contributed by atoms with van der Waals surface area (Å²) in [6, 6.07) is 4.37. The Morgan fingerprint density at radius 1 is 1.37 bits per heavy atom. The van der Waals surface area contributed by atoms with Gasteiger partial charge in [-0.05, 0) is 50.1 Å². The number of guanidine groups is 1. The van der Waals surface area contributed by atoms with Gasteiger partial charge >= 0.3 is 6.03 Å². The molecule has 2 fully saturated rings. The van der Waals surface area contributed by atoms with Gasteiger partial charge in [-0.1, -0.05) is 6.92 Å². The van der Waals surface area contributed by atoms with Crippen LogP contribution in [-0.2, 0) is 4.79 Å². The molecule has 0 spiro atoms. The third kappa shape index (κ3) is 5.77. The maximum absolute atomic E-state index is 12.4. The van der Waals surface area contributed by atoms with Crippen molar-refractivity contribution in [3.63, 3.8) is 0 Å². The molecule has 2 aliphatic rings. The fraction of sp³-hybridized carbons (Fsp3) is 0.650. The molecule has 10 heteroatoms. The highest BCUT2D eigenvalue weighted by molar-refractivity contribution is 14.0. The highest BCUT2D eigenvalue weighted by Gasteiger charge is 2.45. The Morgan fingerprint density at radius 2 is 2.10 bits per heavy atom. The first-order valence-corrected chi connectivity index (χ1v) is 11.2. The van der Waals surface area contributed by atoms with Crippen molar-refractivity contribution in [2.24, 2.45) is 4.99 Å². The fourth-order valence-corrected chi connectivity index (χ4v) is 4.50. The van der Waals surface area contributed by atoms with E-state index in [-0.39, 0.29) is 35.9 Å². The molecule has 3 heterocycles. The van der Waals surface area contributed by atoms with Crippen LogP contribution in [0.3, 0.4) is 0 Å². The van der Waals surface area contributed by atoms with Crippen molar-refractivity contribution >= 4 is 58.2 Å². The zero-order valence-electron chi connectivity index (χ0n) is 17.9. The lowest BCUT2D eigenvalue weighted by Gasteiger charge is -2.33. The molecule has 0 aromatic carbocycles. The molecule has 2 aliphatic heterocycles. The number of hydrogen-bond acceptors (Lipinski definition) is 5. The van der Waals surface area contributed by atoms with Crippen LogP contribution in [0.2, 0.25) is 0 Å². The van der Waals surface area contributed by atoms with Crippen LogP contribution >= 0.6 is 35.3 Å². The van der Waals surface area contributed by atoms with E-state index in [4.69, 9.17) is 0 Å². The minimum absolute atomic E-state index is 0. The van der Waals surface area contributed by atoms with Crippen LogP contribution in [0.1, 0.15) is 39.5 Å². The molecule has 0 bridgehead atoms. The molecule has 3 N–H and O–H groups in total. The molecule has 3 amide bonds. The summed E-state index contributed by atoms with van der Waals surface area (Å²) in [5, 5.41) is 13.0. The number of halogens is 1. The van der Waals surface area contributed by atoms with Gasteiger partial charge in [-0.15, -0.1) is 35.3 Å². The third-order valence-corrected chi connectivity index (χ3v) is 6.71. The molecule has 1 unspecified atom stereocenters. The van der Waals surface area contributed by atoms with Gasteiger partial charge in [0.05, 0.1) is 5.00 Å². The van der Waals surface area contributed by atoms with Gasteiger partial charge in [0, 0.05) is 39.3 Å². The lowest BCUT2D eigenvalue weighted by atomic mass is 9.99. The van der Waals surface area contributed by atoms with Crippen LogP contribution in [-0.4, -0.2) is 67.6 Å². The number of amides is 3. The van der Waals surface area contributed by atoms with E-state index in [1.165, 1.54) is 9.90 Å². The van der Waals surface area contributed by atoms with Crippen molar-refractivity contribution in [1.82, 2.24) is 20.9 Å². The Kier molecular flexibility index (Phi) is 9.20. The van der Waals surface area contributed by atoms with Gasteiger partial charge in [-0.3, -0.25) is 14.7 Å². The first-order valence-electron chi connectivity index (χ1n) is 10.4. The first-order chi connectivity index (χ1) is 14.0. The lowest BCUT2D eigenvalue weighted by molar-refractivity contribution is -0.130. The van der Waals surface area contributed by atoms with Gasteiger partial charge < -0.3 is 20.9 Å². The SMILES string of the molecule is CCC1(C)NC(=O)N(CCCNC(=NC)NC2CCN(c3cccs3)CC2)C1=O.I. The lowest BCUT2D eigenvalue weighted by Crippen LogP contribution is -2.49. The van der Waals surface area contributed by atoms with Crippen molar-refractivity contribution in [2.75, 3.05) is 38.1 Å². The van der Waals surface area contributed by atoms with E-state index in [2.05, 4.69) is 43.4 Å². The Hall–Kier alpha value is -1.56. The van der Waals surface area contributed by atoms with Crippen LogP contribution in [0, 0.1) is 0 Å². The summed E-state index contributed by atoms with van der Waals surface area (Å²) < 4.78 is 0. The highest BCUT2D eigenvalue weighted by Crippen LogP contribution is 2.25. The largest absolute Gasteiger partial charge is 0.363 e. The van der Waals surface area contributed by atoms with E-state index in [0.29, 0.717) is 32.0 Å². The Morgan fingerprint density at radius 3 is 2.67 bits per heavy atom. The fourth-order valence-electron chi connectivity index (χ4n) is 3.72. The Balaban J connectivity index is 0.00000320. The van der Waals surface area contributed by atoms with Gasteiger partial charge in [0.15, 0.2) is 5.96 Å². The zero-order valence-corrected chi connectivity index (χ0v) is 21.1. The number of piperidine rings is 1. The summed E-state index contributed by atoms with van der Waals surface area (Å²) >= 11 is 1.79. The number of urea groups is 1. The number of carbonyl (C=O) groups is 2. The summed E-state index contributed by atoms with van der Waals surface area (Å²) in [6.45, 7) is 6.82. The summed E-state index contributed by atoms with van der Waals surface area (Å²) in [6.07, 6.45) is 3.40. The highest BCUT2D eigenvalue weighted by atomic mass is 127. The van der Waals surface area contributed by atoms with E-state index in [9.17, 15) is 9.59 Å². The standard InChI is InChI=1S/C20H32N6O2S.HI/c1-4-20(2)17(27)26(19(28)24-20)11-6-10-22-18(21-3)23-15-8-12-25(13-9-15)16-7-5-14-29-16;/h5,7,14-15H,4,6,8-13H2,1-3H3,(H,24,28)(H2,21,22,23);1H. The minimum Gasteiger partial charge on any atom is -0.363 e. The number of thiophene rings is 1. The molecule has 168 valence electrons. The summed E-state index contributed by atoms with van der Waals surface area (Å²) in [5.41, 5.74) is -0.764. The molecule has 30 heavy (non-hydrogen) atoms. The van der Waals surface area contributed by atoms with Crippen molar-refractivity contribution < 1.29 is 9.59 Å². The Labute approximate surface area is 199 Å².